The van der Waals surface area contributed by atoms with Crippen LogP contribution < -0.4 is 4.74 Å². The first-order chi connectivity index (χ1) is 12.8. The topological polar surface area (TPSA) is 107 Å². The number of hydrogen-bond donors (Lipinski definition) is 0. The zero-order valence-corrected chi connectivity index (χ0v) is 13.9. The minimum absolute atomic E-state index is 0.000958. The van der Waals surface area contributed by atoms with Crippen LogP contribution in [0, 0.1) is 0 Å². The van der Waals surface area contributed by atoms with Gasteiger partial charge < -0.3 is 19.0 Å². The number of halogens is 3. The van der Waals surface area contributed by atoms with Crippen molar-refractivity contribution in [3.05, 3.63) is 24.2 Å². The summed E-state index contributed by atoms with van der Waals surface area (Å²) in [6, 6.07) is 2.41. The second kappa shape index (κ2) is 7.63. The average molecular weight is 388 g/mol. The van der Waals surface area contributed by atoms with Crippen molar-refractivity contribution in [1.82, 2.24) is 30.0 Å². The fourth-order valence-electron chi connectivity index (χ4n) is 2.47. The van der Waals surface area contributed by atoms with Gasteiger partial charge in [0, 0.05) is 32.2 Å². The molecule has 1 saturated heterocycles. The Morgan fingerprint density at radius 3 is 2.48 bits per heavy atom. The standard InChI is InChI=1S/C14H15F3N6O4/c15-14(16,17)8-26-12-2-1-10(27-12)13(25)22-5-3-21(4-6-22)11(24)7-23-9-18-19-20-23/h1-2,9H,3-8H2. The molecule has 0 saturated carbocycles. The van der Waals surface area contributed by atoms with Gasteiger partial charge in [0.25, 0.3) is 11.9 Å². The van der Waals surface area contributed by atoms with Gasteiger partial charge in [-0.05, 0) is 16.5 Å². The Balaban J connectivity index is 1.49. The highest BCUT2D eigenvalue weighted by atomic mass is 19.4. The lowest BCUT2D eigenvalue weighted by atomic mass is 10.2. The molecular weight excluding hydrogens is 373 g/mol. The number of carbonyl (C=O) groups is 2. The Kier molecular flexibility index (Phi) is 5.28. The molecule has 0 bridgehead atoms. The highest BCUT2D eigenvalue weighted by molar-refractivity contribution is 5.91. The van der Waals surface area contributed by atoms with Crippen molar-refractivity contribution in [1.29, 1.82) is 0 Å². The van der Waals surface area contributed by atoms with Crippen LogP contribution in [0.4, 0.5) is 13.2 Å². The van der Waals surface area contributed by atoms with Crippen molar-refractivity contribution in [2.24, 2.45) is 0 Å². The van der Waals surface area contributed by atoms with Crippen molar-refractivity contribution in [3.8, 4) is 5.95 Å². The molecule has 0 unspecified atom stereocenters. The SMILES string of the molecule is O=C(Cn1cnnn1)N1CCN(C(=O)c2ccc(OCC(F)(F)F)o2)CC1. The van der Waals surface area contributed by atoms with E-state index in [1.165, 1.54) is 22.0 Å². The number of piperazine rings is 1. The Bertz CT molecular complexity index is 783. The van der Waals surface area contributed by atoms with Gasteiger partial charge >= 0.3 is 6.18 Å². The molecule has 0 aromatic carbocycles. The molecule has 0 spiro atoms. The summed E-state index contributed by atoms with van der Waals surface area (Å²) in [7, 11) is 0. The summed E-state index contributed by atoms with van der Waals surface area (Å²) < 4.78 is 47.2. The molecule has 0 radical (unpaired) electrons. The highest BCUT2D eigenvalue weighted by Gasteiger charge is 2.30. The van der Waals surface area contributed by atoms with Gasteiger partial charge in [0.05, 0.1) is 0 Å². The minimum atomic E-state index is -4.50. The summed E-state index contributed by atoms with van der Waals surface area (Å²) in [6.45, 7) is -0.357. The maximum absolute atomic E-state index is 12.4. The first-order valence-electron chi connectivity index (χ1n) is 7.89. The van der Waals surface area contributed by atoms with Crippen LogP contribution in [-0.2, 0) is 11.3 Å². The normalized spacial score (nSPS) is 15.1. The molecule has 13 heteroatoms. The number of nitrogens with zero attached hydrogens (tertiary/aromatic N) is 6. The van der Waals surface area contributed by atoms with Crippen LogP contribution in [0.1, 0.15) is 10.6 Å². The van der Waals surface area contributed by atoms with Gasteiger partial charge in [0.15, 0.2) is 12.4 Å². The third-order valence-corrected chi connectivity index (χ3v) is 3.78. The van der Waals surface area contributed by atoms with Crippen LogP contribution in [0.25, 0.3) is 0 Å². The van der Waals surface area contributed by atoms with E-state index in [1.54, 1.807) is 4.90 Å². The maximum Gasteiger partial charge on any atom is 0.422 e. The number of alkyl halides is 3. The van der Waals surface area contributed by atoms with Gasteiger partial charge in [0.2, 0.25) is 5.91 Å². The predicted molar refractivity (Wildman–Crippen MR) is 80.6 cm³/mol. The molecule has 0 atom stereocenters. The van der Waals surface area contributed by atoms with Crippen molar-refractivity contribution < 1.29 is 31.9 Å². The quantitative estimate of drug-likeness (QED) is 0.720. The van der Waals surface area contributed by atoms with Gasteiger partial charge in [-0.1, -0.05) is 0 Å². The Hall–Kier alpha value is -3.12. The van der Waals surface area contributed by atoms with E-state index in [-0.39, 0.29) is 37.2 Å². The average Bonchev–Trinajstić information content (AvgIpc) is 3.30. The van der Waals surface area contributed by atoms with Crippen molar-refractivity contribution in [2.75, 3.05) is 32.8 Å². The smallest absolute Gasteiger partial charge is 0.422 e. The number of furan rings is 1. The lowest BCUT2D eigenvalue weighted by Gasteiger charge is -2.34. The van der Waals surface area contributed by atoms with Gasteiger partial charge in [-0.3, -0.25) is 9.59 Å². The van der Waals surface area contributed by atoms with Crippen LogP contribution >= 0.6 is 0 Å². The van der Waals surface area contributed by atoms with Crippen LogP contribution in [0.3, 0.4) is 0 Å². The molecule has 1 fully saturated rings. The number of carbonyl (C=O) groups excluding carboxylic acids is 2. The first-order valence-corrected chi connectivity index (χ1v) is 7.89. The number of aromatic nitrogens is 4. The molecule has 3 heterocycles. The second-order valence-corrected chi connectivity index (χ2v) is 5.70. The Morgan fingerprint density at radius 2 is 1.85 bits per heavy atom. The summed E-state index contributed by atoms with van der Waals surface area (Å²) in [6.07, 6.45) is -3.17. The van der Waals surface area contributed by atoms with E-state index < -0.39 is 18.7 Å². The van der Waals surface area contributed by atoms with E-state index >= 15 is 0 Å². The molecule has 10 nitrogen and oxygen atoms in total. The van der Waals surface area contributed by atoms with E-state index in [9.17, 15) is 22.8 Å². The number of ether oxygens (including phenoxy) is 1. The number of hydrogen-bond acceptors (Lipinski definition) is 7. The van der Waals surface area contributed by atoms with E-state index in [1.807, 2.05) is 0 Å². The van der Waals surface area contributed by atoms with Gasteiger partial charge in [-0.25, -0.2) is 4.68 Å². The molecular formula is C14H15F3N6O4. The Labute approximate surface area is 150 Å². The van der Waals surface area contributed by atoms with E-state index in [0.29, 0.717) is 13.1 Å². The number of rotatable bonds is 5. The molecule has 1 aliphatic heterocycles. The molecule has 2 aromatic rings. The van der Waals surface area contributed by atoms with E-state index in [4.69, 9.17) is 4.42 Å². The molecule has 27 heavy (non-hydrogen) atoms. The Morgan fingerprint density at radius 1 is 1.15 bits per heavy atom. The predicted octanol–water partition coefficient (Wildman–Crippen LogP) is 0.192. The largest absolute Gasteiger partial charge is 0.455 e. The zero-order chi connectivity index (χ0) is 19.4. The second-order valence-electron chi connectivity index (χ2n) is 5.70. The lowest BCUT2D eigenvalue weighted by Crippen LogP contribution is -2.51. The molecule has 0 aliphatic carbocycles. The lowest BCUT2D eigenvalue weighted by molar-refractivity contribution is -0.156. The van der Waals surface area contributed by atoms with Crippen LogP contribution in [-0.4, -0.2) is 80.8 Å². The molecule has 0 N–H and O–H groups in total. The van der Waals surface area contributed by atoms with E-state index in [2.05, 4.69) is 20.3 Å². The molecule has 146 valence electrons. The van der Waals surface area contributed by atoms with Crippen molar-refractivity contribution in [3.63, 3.8) is 0 Å². The summed E-state index contributed by atoms with van der Waals surface area (Å²) >= 11 is 0. The summed E-state index contributed by atoms with van der Waals surface area (Å²) in [4.78, 5) is 27.5. The zero-order valence-electron chi connectivity index (χ0n) is 13.9. The van der Waals surface area contributed by atoms with Gasteiger partial charge in [-0.2, -0.15) is 13.2 Å². The van der Waals surface area contributed by atoms with Crippen molar-refractivity contribution in [2.45, 2.75) is 12.7 Å². The highest BCUT2D eigenvalue weighted by Crippen LogP contribution is 2.22. The monoisotopic (exact) mass is 388 g/mol. The summed E-state index contributed by atoms with van der Waals surface area (Å²) in [5.41, 5.74) is 0. The molecule has 2 amide bonds. The fraction of sp³-hybridized carbons (Fsp3) is 0.500. The van der Waals surface area contributed by atoms with E-state index in [0.717, 1.165) is 6.07 Å². The third-order valence-electron chi connectivity index (χ3n) is 3.78. The van der Waals surface area contributed by atoms with Gasteiger partial charge in [0.1, 0.15) is 12.9 Å². The first kappa shape index (κ1) is 18.7. The number of amides is 2. The molecule has 3 rings (SSSR count). The van der Waals surface area contributed by atoms with Crippen molar-refractivity contribution >= 4 is 11.8 Å². The van der Waals surface area contributed by atoms with Crippen LogP contribution in [0.2, 0.25) is 0 Å². The molecule has 1 aliphatic rings. The van der Waals surface area contributed by atoms with Gasteiger partial charge in [-0.15, -0.1) is 5.10 Å². The summed E-state index contributed by atoms with van der Waals surface area (Å²) in [5.74, 6) is -1.17. The summed E-state index contributed by atoms with van der Waals surface area (Å²) in [5, 5.41) is 10.5. The van der Waals surface area contributed by atoms with Crippen LogP contribution in [0.15, 0.2) is 22.9 Å². The minimum Gasteiger partial charge on any atom is -0.455 e. The third kappa shape index (κ3) is 4.95. The fourth-order valence-corrected chi connectivity index (χ4v) is 2.47. The maximum atomic E-state index is 12.4. The number of tetrazole rings is 1. The molecule has 2 aromatic heterocycles. The van der Waals surface area contributed by atoms with Crippen LogP contribution in [0.5, 0.6) is 5.95 Å².